The van der Waals surface area contributed by atoms with Crippen LogP contribution < -0.4 is 0 Å². The molecule has 0 spiro atoms. The van der Waals surface area contributed by atoms with E-state index in [0.29, 0.717) is 11.5 Å². The van der Waals surface area contributed by atoms with E-state index in [2.05, 4.69) is 0 Å². The maximum atomic E-state index is 10.8. The third-order valence-electron chi connectivity index (χ3n) is 2.96. The zero-order chi connectivity index (χ0) is 10.8. The molecule has 1 aromatic rings. The van der Waals surface area contributed by atoms with Crippen molar-refractivity contribution in [1.82, 2.24) is 0 Å². The number of fused-ring (bicyclic) bond motifs is 1. The lowest BCUT2D eigenvalue weighted by atomic mass is 10.0. The van der Waals surface area contributed by atoms with Crippen LogP contribution in [0.25, 0.3) is 0 Å². The van der Waals surface area contributed by atoms with Crippen LogP contribution in [-0.2, 0) is 11.2 Å². The maximum absolute atomic E-state index is 10.8. The molecule has 0 fully saturated rings. The molecule has 1 atom stereocenters. The van der Waals surface area contributed by atoms with E-state index >= 15 is 0 Å². The smallest absolute Gasteiger partial charge is 0.335 e. The van der Waals surface area contributed by atoms with Crippen molar-refractivity contribution in [2.45, 2.75) is 18.8 Å². The highest BCUT2D eigenvalue weighted by molar-refractivity contribution is 5.88. The molecule has 15 heavy (non-hydrogen) atoms. The predicted octanol–water partition coefficient (Wildman–Crippen LogP) is 2.06. The van der Waals surface area contributed by atoms with E-state index in [-0.39, 0.29) is 0 Å². The summed E-state index contributed by atoms with van der Waals surface area (Å²) in [6.07, 6.45) is 2.02. The van der Waals surface area contributed by atoms with Crippen LogP contribution in [0, 0.1) is 0 Å². The lowest BCUT2D eigenvalue weighted by Crippen LogP contribution is -2.03. The van der Waals surface area contributed by atoms with E-state index in [9.17, 15) is 4.79 Å². The Bertz CT molecular complexity index is 384. The van der Waals surface area contributed by atoms with Crippen LogP contribution in [0.5, 0.6) is 0 Å². The number of carbonyl (C=O) groups is 1. The lowest BCUT2D eigenvalue weighted by Gasteiger charge is -2.09. The third-order valence-corrected chi connectivity index (χ3v) is 2.96. The molecule has 0 bridgehead atoms. The van der Waals surface area contributed by atoms with Gasteiger partial charge < -0.3 is 9.84 Å². The number of hydrogen-bond donors (Lipinski definition) is 1. The van der Waals surface area contributed by atoms with Crippen molar-refractivity contribution < 1.29 is 14.6 Å². The zero-order valence-corrected chi connectivity index (χ0v) is 8.69. The topological polar surface area (TPSA) is 46.5 Å². The number of rotatable bonds is 3. The second-order valence-corrected chi connectivity index (χ2v) is 3.91. The number of methoxy groups -OCH3 is 1. The summed E-state index contributed by atoms with van der Waals surface area (Å²) in [5.74, 6) is -0.416. The molecule has 1 aliphatic carbocycles. The van der Waals surface area contributed by atoms with Gasteiger partial charge in [-0.2, -0.15) is 0 Å². The van der Waals surface area contributed by atoms with E-state index < -0.39 is 5.97 Å². The van der Waals surface area contributed by atoms with Crippen LogP contribution in [-0.4, -0.2) is 24.8 Å². The van der Waals surface area contributed by atoms with Crippen molar-refractivity contribution in [3.05, 3.63) is 34.9 Å². The van der Waals surface area contributed by atoms with Gasteiger partial charge in [-0.05, 0) is 36.1 Å². The summed E-state index contributed by atoms with van der Waals surface area (Å²) in [6.45, 7) is 0.722. The molecule has 1 aliphatic rings. The molecule has 1 unspecified atom stereocenters. The summed E-state index contributed by atoms with van der Waals surface area (Å²) >= 11 is 0. The number of hydrogen-bond acceptors (Lipinski definition) is 2. The molecule has 1 N–H and O–H groups in total. The molecule has 0 heterocycles. The van der Waals surface area contributed by atoms with Gasteiger partial charge in [-0.25, -0.2) is 4.79 Å². The minimum atomic E-state index is -0.854. The number of ether oxygens (including phenoxy) is 1. The Morgan fingerprint density at radius 2 is 2.40 bits per heavy atom. The van der Waals surface area contributed by atoms with Gasteiger partial charge >= 0.3 is 5.97 Å². The zero-order valence-electron chi connectivity index (χ0n) is 8.69. The Morgan fingerprint density at radius 3 is 3.07 bits per heavy atom. The van der Waals surface area contributed by atoms with E-state index in [0.717, 1.165) is 25.0 Å². The summed E-state index contributed by atoms with van der Waals surface area (Å²) in [5, 5.41) is 8.86. The summed E-state index contributed by atoms with van der Waals surface area (Å²) < 4.78 is 5.14. The highest BCUT2D eigenvalue weighted by Crippen LogP contribution is 2.33. The molecule has 2 rings (SSSR count). The average Bonchev–Trinajstić information content (AvgIpc) is 2.61. The van der Waals surface area contributed by atoms with Gasteiger partial charge in [0, 0.05) is 13.0 Å². The Hall–Kier alpha value is -1.35. The highest BCUT2D eigenvalue weighted by Gasteiger charge is 2.23. The molecule has 0 radical (unpaired) electrons. The molecule has 3 nitrogen and oxygen atoms in total. The van der Waals surface area contributed by atoms with Crippen molar-refractivity contribution in [1.29, 1.82) is 0 Å². The average molecular weight is 206 g/mol. The molecular weight excluding hydrogens is 192 g/mol. The van der Waals surface area contributed by atoms with Crippen LogP contribution in [0.15, 0.2) is 18.2 Å². The normalized spacial score (nSPS) is 18.9. The van der Waals surface area contributed by atoms with Crippen LogP contribution in [0.4, 0.5) is 0 Å². The Kier molecular flexibility index (Phi) is 2.73. The fourth-order valence-corrected chi connectivity index (χ4v) is 2.21. The summed E-state index contributed by atoms with van der Waals surface area (Å²) in [4.78, 5) is 10.8. The first-order chi connectivity index (χ1) is 7.22. The molecule has 3 heteroatoms. The standard InChI is InChI=1S/C12H14O3/c1-15-7-10-3-2-8-6-9(12(13)14)4-5-11(8)10/h4-6,10H,2-3,7H2,1H3,(H,13,14). The fraction of sp³-hybridized carbons (Fsp3) is 0.417. The number of aromatic carboxylic acids is 1. The van der Waals surface area contributed by atoms with Crippen LogP contribution >= 0.6 is 0 Å². The molecule has 0 saturated carbocycles. The molecule has 1 aromatic carbocycles. The number of benzene rings is 1. The first-order valence-electron chi connectivity index (χ1n) is 5.07. The quantitative estimate of drug-likeness (QED) is 0.823. The summed E-state index contributed by atoms with van der Waals surface area (Å²) in [5.41, 5.74) is 2.80. The Balaban J connectivity index is 2.29. The van der Waals surface area contributed by atoms with E-state index in [1.807, 2.05) is 6.07 Å². The summed E-state index contributed by atoms with van der Waals surface area (Å²) in [6, 6.07) is 5.39. The molecule has 80 valence electrons. The SMILES string of the molecule is COCC1CCc2cc(C(=O)O)ccc21. The van der Waals surface area contributed by atoms with Gasteiger partial charge in [0.15, 0.2) is 0 Å². The highest BCUT2D eigenvalue weighted by atomic mass is 16.5. The molecule has 0 amide bonds. The van der Waals surface area contributed by atoms with Crippen molar-refractivity contribution >= 4 is 5.97 Å². The first kappa shape index (κ1) is 10.2. The Labute approximate surface area is 88.7 Å². The predicted molar refractivity (Wildman–Crippen MR) is 56.3 cm³/mol. The number of carboxylic acids is 1. The minimum absolute atomic E-state index is 0.381. The van der Waals surface area contributed by atoms with Gasteiger partial charge in [-0.15, -0.1) is 0 Å². The number of aryl methyl sites for hydroxylation is 1. The third kappa shape index (κ3) is 1.88. The molecule has 0 aliphatic heterocycles. The maximum Gasteiger partial charge on any atom is 0.335 e. The van der Waals surface area contributed by atoms with E-state index in [1.54, 1.807) is 19.2 Å². The van der Waals surface area contributed by atoms with Crippen LogP contribution in [0.3, 0.4) is 0 Å². The monoisotopic (exact) mass is 206 g/mol. The van der Waals surface area contributed by atoms with Gasteiger partial charge in [-0.1, -0.05) is 6.07 Å². The second kappa shape index (κ2) is 4.03. The Morgan fingerprint density at radius 1 is 1.60 bits per heavy atom. The van der Waals surface area contributed by atoms with Gasteiger partial charge in [-0.3, -0.25) is 0 Å². The van der Waals surface area contributed by atoms with Crippen LogP contribution in [0.2, 0.25) is 0 Å². The molecule has 0 saturated heterocycles. The summed E-state index contributed by atoms with van der Waals surface area (Å²) in [7, 11) is 1.70. The first-order valence-corrected chi connectivity index (χ1v) is 5.07. The van der Waals surface area contributed by atoms with Crippen molar-refractivity contribution in [3.8, 4) is 0 Å². The molecule has 0 aromatic heterocycles. The van der Waals surface area contributed by atoms with Crippen molar-refractivity contribution in [3.63, 3.8) is 0 Å². The van der Waals surface area contributed by atoms with Gasteiger partial charge in [0.1, 0.15) is 0 Å². The second-order valence-electron chi connectivity index (χ2n) is 3.91. The van der Waals surface area contributed by atoms with Crippen molar-refractivity contribution in [2.75, 3.05) is 13.7 Å². The van der Waals surface area contributed by atoms with Gasteiger partial charge in [0.2, 0.25) is 0 Å². The van der Waals surface area contributed by atoms with E-state index in [4.69, 9.17) is 9.84 Å². The minimum Gasteiger partial charge on any atom is -0.478 e. The number of carboxylic acid groups (broad SMARTS) is 1. The largest absolute Gasteiger partial charge is 0.478 e. The van der Waals surface area contributed by atoms with Gasteiger partial charge in [0.05, 0.1) is 12.2 Å². The molecular formula is C12H14O3. The van der Waals surface area contributed by atoms with Gasteiger partial charge in [0.25, 0.3) is 0 Å². The fourth-order valence-electron chi connectivity index (χ4n) is 2.21. The van der Waals surface area contributed by atoms with Crippen molar-refractivity contribution in [2.24, 2.45) is 0 Å². The van der Waals surface area contributed by atoms with E-state index in [1.165, 1.54) is 5.56 Å². The lowest BCUT2D eigenvalue weighted by molar-refractivity contribution is 0.0697. The van der Waals surface area contributed by atoms with Crippen LogP contribution in [0.1, 0.15) is 33.8 Å².